The highest BCUT2D eigenvalue weighted by Gasteiger charge is 2.31. The number of oxazole rings is 1. The van der Waals surface area contributed by atoms with Gasteiger partial charge in [0.15, 0.2) is 5.58 Å². The Kier molecular flexibility index (Phi) is 4.82. The Morgan fingerprint density at radius 1 is 1.13 bits per heavy atom. The molecule has 1 aromatic carbocycles. The van der Waals surface area contributed by atoms with Crippen molar-refractivity contribution in [2.75, 3.05) is 26.2 Å². The van der Waals surface area contributed by atoms with Crippen LogP contribution in [0.1, 0.15) is 17.7 Å². The van der Waals surface area contributed by atoms with E-state index in [1.165, 1.54) is 10.5 Å². The molecule has 162 valence electrons. The summed E-state index contributed by atoms with van der Waals surface area (Å²) in [6, 6.07) is 7.61. The highest BCUT2D eigenvalue weighted by Crippen LogP contribution is 2.32. The van der Waals surface area contributed by atoms with Crippen LogP contribution in [0.3, 0.4) is 0 Å². The number of aromatic amines is 1. The number of nitrogens with one attached hydrogen (secondary N) is 2. The molecule has 5 rings (SSSR count). The molecule has 10 heteroatoms. The maximum atomic E-state index is 13.4. The first-order chi connectivity index (χ1) is 14.9. The minimum atomic E-state index is -4.45. The molecule has 0 spiro atoms. The largest absolute Gasteiger partial charge is 0.417 e. The molecule has 3 aromatic heterocycles. The van der Waals surface area contributed by atoms with Crippen LogP contribution in [-0.4, -0.2) is 45.4 Å². The van der Waals surface area contributed by atoms with Gasteiger partial charge in [-0.15, -0.1) is 0 Å². The van der Waals surface area contributed by atoms with Gasteiger partial charge in [0, 0.05) is 31.4 Å². The van der Waals surface area contributed by atoms with E-state index in [0.717, 1.165) is 44.9 Å². The van der Waals surface area contributed by atoms with E-state index in [2.05, 4.69) is 20.2 Å². The van der Waals surface area contributed by atoms with Crippen molar-refractivity contribution in [3.05, 3.63) is 58.3 Å². The van der Waals surface area contributed by atoms with Gasteiger partial charge in [-0.2, -0.15) is 13.2 Å². The maximum absolute atomic E-state index is 13.4. The van der Waals surface area contributed by atoms with Crippen LogP contribution >= 0.6 is 0 Å². The molecular formula is C21H20F3N5O2. The molecule has 1 aliphatic heterocycles. The van der Waals surface area contributed by atoms with Crippen molar-refractivity contribution in [2.24, 2.45) is 0 Å². The van der Waals surface area contributed by atoms with Gasteiger partial charge in [-0.3, -0.25) is 9.88 Å². The fourth-order valence-corrected chi connectivity index (χ4v) is 4.01. The molecule has 1 fully saturated rings. The number of nitrogens with zero attached hydrogens (tertiary/aromatic N) is 3. The molecule has 0 radical (unpaired) electrons. The van der Waals surface area contributed by atoms with E-state index in [0.29, 0.717) is 40.2 Å². The lowest BCUT2D eigenvalue weighted by atomic mass is 10.1. The highest BCUT2D eigenvalue weighted by atomic mass is 19.4. The predicted octanol–water partition coefficient (Wildman–Crippen LogP) is 3.25. The van der Waals surface area contributed by atoms with E-state index in [1.54, 1.807) is 18.2 Å². The van der Waals surface area contributed by atoms with Crippen LogP contribution in [0.4, 0.5) is 13.2 Å². The third kappa shape index (κ3) is 3.84. The molecule has 2 N–H and O–H groups in total. The van der Waals surface area contributed by atoms with Gasteiger partial charge in [-0.1, -0.05) is 6.07 Å². The summed E-state index contributed by atoms with van der Waals surface area (Å²) in [7, 11) is 0. The zero-order chi connectivity index (χ0) is 21.6. The molecule has 0 atom stereocenters. The van der Waals surface area contributed by atoms with Crippen molar-refractivity contribution >= 4 is 16.7 Å². The van der Waals surface area contributed by atoms with E-state index < -0.39 is 17.5 Å². The number of hydrogen-bond donors (Lipinski definition) is 2. The quantitative estimate of drug-likeness (QED) is 0.521. The minimum Gasteiger partial charge on any atom is -0.408 e. The number of aromatic nitrogens is 3. The monoisotopic (exact) mass is 431 g/mol. The molecule has 1 saturated heterocycles. The molecule has 0 saturated carbocycles. The minimum absolute atomic E-state index is 0.375. The summed E-state index contributed by atoms with van der Waals surface area (Å²) in [5.74, 6) is -0.561. The molecule has 7 nitrogen and oxygen atoms in total. The smallest absolute Gasteiger partial charge is 0.408 e. The molecular weight excluding hydrogens is 411 g/mol. The number of fused-ring (bicyclic) bond motifs is 2. The van der Waals surface area contributed by atoms with Gasteiger partial charge in [-0.05, 0) is 43.8 Å². The fourth-order valence-electron chi connectivity index (χ4n) is 4.01. The molecule has 4 aromatic rings. The number of alkyl halides is 3. The average molecular weight is 431 g/mol. The van der Waals surface area contributed by atoms with Crippen molar-refractivity contribution in [3.63, 3.8) is 0 Å². The van der Waals surface area contributed by atoms with Crippen LogP contribution in [0, 0.1) is 0 Å². The lowest BCUT2D eigenvalue weighted by molar-refractivity contribution is -0.137. The fraction of sp³-hybridized carbons (Fsp3) is 0.333. The Morgan fingerprint density at radius 3 is 2.84 bits per heavy atom. The molecule has 0 bridgehead atoms. The van der Waals surface area contributed by atoms with Gasteiger partial charge in [-0.25, -0.2) is 9.78 Å². The lowest BCUT2D eigenvalue weighted by Gasteiger charge is -2.20. The summed E-state index contributed by atoms with van der Waals surface area (Å²) < 4.78 is 46.8. The molecule has 0 aliphatic carbocycles. The summed E-state index contributed by atoms with van der Waals surface area (Å²) in [4.78, 5) is 20.9. The van der Waals surface area contributed by atoms with Gasteiger partial charge >= 0.3 is 11.9 Å². The van der Waals surface area contributed by atoms with E-state index >= 15 is 0 Å². The predicted molar refractivity (Wildman–Crippen MR) is 109 cm³/mol. The zero-order valence-electron chi connectivity index (χ0n) is 16.5. The summed E-state index contributed by atoms with van der Waals surface area (Å²) in [6.07, 6.45) is -2.39. The number of imidazole rings is 1. The molecule has 4 heterocycles. The third-order valence-electron chi connectivity index (χ3n) is 5.55. The Morgan fingerprint density at radius 2 is 2.00 bits per heavy atom. The topological polar surface area (TPSA) is 78.6 Å². The first-order valence-corrected chi connectivity index (χ1v) is 10.0. The van der Waals surface area contributed by atoms with Gasteiger partial charge in [0.1, 0.15) is 5.65 Å². The Balaban J connectivity index is 1.66. The standard InChI is InChI=1S/C21H20F3N5O2/c22-21(23,24)14-3-5-18-27-19(13-2-4-15-17(10-13)31-20(30)26-15)16(29(18)11-14)12-28-8-1-6-25-7-9-28/h2-5,10-11,25H,1,6-9,12H2,(H,26,30). The maximum Gasteiger partial charge on any atom is 0.417 e. The Bertz CT molecular complexity index is 1300. The number of rotatable bonds is 3. The van der Waals surface area contributed by atoms with Crippen molar-refractivity contribution < 1.29 is 17.6 Å². The Labute approximate surface area is 174 Å². The summed E-state index contributed by atoms with van der Waals surface area (Å²) in [5.41, 5.74) is 2.55. The zero-order valence-corrected chi connectivity index (χ0v) is 16.5. The van der Waals surface area contributed by atoms with Crippen LogP contribution in [0.2, 0.25) is 0 Å². The average Bonchev–Trinajstić information content (AvgIpc) is 3.15. The van der Waals surface area contributed by atoms with Gasteiger partial charge < -0.3 is 14.1 Å². The van der Waals surface area contributed by atoms with Crippen molar-refractivity contribution in [1.82, 2.24) is 24.6 Å². The van der Waals surface area contributed by atoms with Crippen molar-refractivity contribution in [3.8, 4) is 11.3 Å². The lowest BCUT2D eigenvalue weighted by Crippen LogP contribution is -2.28. The van der Waals surface area contributed by atoms with Crippen molar-refractivity contribution in [1.29, 1.82) is 0 Å². The van der Waals surface area contributed by atoms with E-state index in [4.69, 9.17) is 4.42 Å². The van der Waals surface area contributed by atoms with Crippen LogP contribution in [0.5, 0.6) is 0 Å². The number of H-pyrrole nitrogens is 1. The van der Waals surface area contributed by atoms with Gasteiger partial charge in [0.2, 0.25) is 0 Å². The number of hydrogen-bond acceptors (Lipinski definition) is 5. The van der Waals surface area contributed by atoms with Crippen LogP contribution in [-0.2, 0) is 12.7 Å². The first kappa shape index (κ1) is 19.8. The Hall–Kier alpha value is -3.11. The van der Waals surface area contributed by atoms with Crippen LogP contribution in [0.25, 0.3) is 28.0 Å². The molecule has 0 amide bonds. The van der Waals surface area contributed by atoms with E-state index in [-0.39, 0.29) is 0 Å². The van der Waals surface area contributed by atoms with Gasteiger partial charge in [0.05, 0.1) is 22.5 Å². The summed E-state index contributed by atoms with van der Waals surface area (Å²) in [5, 5.41) is 3.33. The number of pyridine rings is 1. The third-order valence-corrected chi connectivity index (χ3v) is 5.55. The van der Waals surface area contributed by atoms with E-state index in [1.807, 2.05) is 0 Å². The second kappa shape index (κ2) is 7.54. The second-order valence-electron chi connectivity index (χ2n) is 7.66. The summed E-state index contributed by atoms with van der Waals surface area (Å²) >= 11 is 0. The number of halogens is 3. The highest BCUT2D eigenvalue weighted by molar-refractivity contribution is 5.80. The number of benzene rings is 1. The normalized spacial score (nSPS) is 16.2. The SMILES string of the molecule is O=c1[nH]c2ccc(-c3nc4ccc(C(F)(F)F)cn4c3CN3CCCNCC3)cc2o1. The van der Waals surface area contributed by atoms with Gasteiger partial charge in [0.25, 0.3) is 0 Å². The second-order valence-corrected chi connectivity index (χ2v) is 7.66. The van der Waals surface area contributed by atoms with Crippen LogP contribution in [0.15, 0.2) is 45.7 Å². The molecule has 31 heavy (non-hydrogen) atoms. The van der Waals surface area contributed by atoms with Crippen molar-refractivity contribution in [2.45, 2.75) is 19.1 Å². The van der Waals surface area contributed by atoms with E-state index in [9.17, 15) is 18.0 Å². The first-order valence-electron chi connectivity index (χ1n) is 10.0. The van der Waals surface area contributed by atoms with Crippen LogP contribution < -0.4 is 11.1 Å². The summed E-state index contributed by atoms with van der Waals surface area (Å²) in [6.45, 7) is 3.81. The molecule has 0 unspecified atom stereocenters. The molecule has 1 aliphatic rings.